The Morgan fingerprint density at radius 2 is 2.05 bits per heavy atom. The normalized spacial score (nSPS) is 13.8. The lowest BCUT2D eigenvalue weighted by molar-refractivity contribution is -0.137. The topological polar surface area (TPSA) is 69.6 Å². The molecule has 1 fully saturated rings. The van der Waals surface area contributed by atoms with Gasteiger partial charge in [0.2, 0.25) is 0 Å². The van der Waals surface area contributed by atoms with Crippen LogP contribution in [0.3, 0.4) is 0 Å². The maximum Gasteiger partial charge on any atom is 0.317 e. The molecule has 1 aromatic carbocycles. The van der Waals surface area contributed by atoms with Crippen LogP contribution >= 0.6 is 0 Å². The molecule has 1 aromatic rings. The van der Waals surface area contributed by atoms with Gasteiger partial charge in [-0.15, -0.1) is 0 Å². The molecule has 0 bridgehead atoms. The van der Waals surface area contributed by atoms with Crippen LogP contribution in [0.4, 0.5) is 9.18 Å². The lowest BCUT2D eigenvalue weighted by atomic mass is 10.2. The van der Waals surface area contributed by atoms with E-state index in [0.29, 0.717) is 5.56 Å². The van der Waals surface area contributed by atoms with Crippen molar-refractivity contribution in [3.8, 4) is 0 Å². The average molecular weight is 280 g/mol. The molecule has 0 spiro atoms. The van der Waals surface area contributed by atoms with Crippen molar-refractivity contribution in [2.24, 2.45) is 0 Å². The zero-order valence-corrected chi connectivity index (χ0v) is 11.0. The van der Waals surface area contributed by atoms with Crippen LogP contribution in [0.25, 0.3) is 0 Å². The van der Waals surface area contributed by atoms with Gasteiger partial charge < -0.3 is 15.3 Å². The number of rotatable bonds is 6. The molecular weight excluding hydrogens is 263 g/mol. The maximum absolute atomic E-state index is 13.4. The van der Waals surface area contributed by atoms with Crippen LogP contribution in [0.15, 0.2) is 24.3 Å². The molecule has 108 valence electrons. The quantitative estimate of drug-likeness (QED) is 0.837. The minimum atomic E-state index is -0.933. The van der Waals surface area contributed by atoms with E-state index in [9.17, 15) is 14.0 Å². The number of carboxylic acid groups (broad SMARTS) is 1. The Bertz CT molecular complexity index is 503. The fourth-order valence-corrected chi connectivity index (χ4v) is 1.97. The number of carboxylic acids is 1. The summed E-state index contributed by atoms with van der Waals surface area (Å²) in [5.74, 6) is -1.30. The summed E-state index contributed by atoms with van der Waals surface area (Å²) >= 11 is 0. The fourth-order valence-electron chi connectivity index (χ4n) is 1.97. The number of amides is 2. The molecule has 0 heterocycles. The first-order valence-corrected chi connectivity index (χ1v) is 6.57. The van der Waals surface area contributed by atoms with Crippen molar-refractivity contribution in [1.82, 2.24) is 10.2 Å². The molecule has 0 atom stereocenters. The smallest absolute Gasteiger partial charge is 0.317 e. The molecule has 1 aliphatic rings. The van der Waals surface area contributed by atoms with Gasteiger partial charge in [0.25, 0.3) is 0 Å². The molecule has 0 saturated heterocycles. The Kier molecular flexibility index (Phi) is 4.55. The van der Waals surface area contributed by atoms with Gasteiger partial charge in [0.05, 0.1) is 6.42 Å². The number of nitrogens with zero attached hydrogens (tertiary/aromatic N) is 1. The Hall–Kier alpha value is -2.11. The van der Waals surface area contributed by atoms with Crippen molar-refractivity contribution in [1.29, 1.82) is 0 Å². The molecule has 0 aromatic heterocycles. The molecule has 5 nitrogen and oxygen atoms in total. The molecule has 0 radical (unpaired) electrons. The number of hydrogen-bond acceptors (Lipinski definition) is 2. The van der Waals surface area contributed by atoms with Gasteiger partial charge in [0.1, 0.15) is 5.82 Å². The summed E-state index contributed by atoms with van der Waals surface area (Å²) in [7, 11) is 0. The largest absolute Gasteiger partial charge is 0.481 e. The van der Waals surface area contributed by atoms with Crippen molar-refractivity contribution < 1.29 is 19.1 Å². The number of carbonyl (C=O) groups excluding carboxylic acids is 1. The van der Waals surface area contributed by atoms with Crippen molar-refractivity contribution in [3.63, 3.8) is 0 Å². The highest BCUT2D eigenvalue weighted by atomic mass is 19.1. The zero-order chi connectivity index (χ0) is 14.5. The minimum Gasteiger partial charge on any atom is -0.481 e. The van der Waals surface area contributed by atoms with E-state index in [4.69, 9.17) is 5.11 Å². The van der Waals surface area contributed by atoms with Crippen LogP contribution in [0.5, 0.6) is 0 Å². The van der Waals surface area contributed by atoms with Gasteiger partial charge in [-0.2, -0.15) is 0 Å². The summed E-state index contributed by atoms with van der Waals surface area (Å²) in [6.07, 6.45) is 1.71. The molecule has 1 saturated carbocycles. The van der Waals surface area contributed by atoms with Gasteiger partial charge in [0, 0.05) is 24.7 Å². The van der Waals surface area contributed by atoms with Crippen molar-refractivity contribution in [3.05, 3.63) is 35.6 Å². The van der Waals surface area contributed by atoms with Crippen LogP contribution < -0.4 is 5.32 Å². The van der Waals surface area contributed by atoms with Crippen molar-refractivity contribution in [2.45, 2.75) is 31.8 Å². The maximum atomic E-state index is 13.4. The van der Waals surface area contributed by atoms with Gasteiger partial charge in [-0.05, 0) is 18.9 Å². The van der Waals surface area contributed by atoms with Crippen LogP contribution in [-0.2, 0) is 11.3 Å². The van der Waals surface area contributed by atoms with E-state index < -0.39 is 5.97 Å². The van der Waals surface area contributed by atoms with E-state index in [0.717, 1.165) is 12.8 Å². The first kappa shape index (κ1) is 14.3. The molecule has 2 N–H and O–H groups in total. The number of halogens is 1. The molecule has 1 aliphatic carbocycles. The first-order valence-electron chi connectivity index (χ1n) is 6.57. The van der Waals surface area contributed by atoms with Crippen LogP contribution in [0, 0.1) is 5.82 Å². The molecule has 2 rings (SSSR count). The third-order valence-electron chi connectivity index (χ3n) is 3.20. The van der Waals surface area contributed by atoms with Crippen molar-refractivity contribution >= 4 is 12.0 Å². The van der Waals surface area contributed by atoms with Crippen LogP contribution in [-0.4, -0.2) is 34.6 Å². The summed E-state index contributed by atoms with van der Waals surface area (Å²) < 4.78 is 13.4. The van der Waals surface area contributed by atoms with E-state index in [1.807, 2.05) is 0 Å². The molecule has 6 heteroatoms. The number of benzene rings is 1. The minimum absolute atomic E-state index is 0.0797. The Morgan fingerprint density at radius 1 is 1.35 bits per heavy atom. The van der Waals surface area contributed by atoms with Gasteiger partial charge >= 0.3 is 12.0 Å². The highest BCUT2D eigenvalue weighted by Gasteiger charge is 2.32. The second-order valence-corrected chi connectivity index (χ2v) is 4.82. The van der Waals surface area contributed by atoms with Gasteiger partial charge in [-0.1, -0.05) is 18.2 Å². The predicted octanol–water partition coefficient (Wildman–Crippen LogP) is 1.97. The second kappa shape index (κ2) is 6.36. The molecule has 20 heavy (non-hydrogen) atoms. The van der Waals surface area contributed by atoms with E-state index in [1.165, 1.54) is 11.0 Å². The molecule has 2 amide bonds. The van der Waals surface area contributed by atoms with E-state index in [2.05, 4.69) is 5.32 Å². The van der Waals surface area contributed by atoms with Gasteiger partial charge in [-0.3, -0.25) is 4.79 Å². The summed E-state index contributed by atoms with van der Waals surface area (Å²) in [4.78, 5) is 24.1. The number of carbonyl (C=O) groups is 2. The van der Waals surface area contributed by atoms with Crippen LogP contribution in [0.2, 0.25) is 0 Å². The number of nitrogens with one attached hydrogen (secondary N) is 1. The van der Waals surface area contributed by atoms with Gasteiger partial charge in [0.15, 0.2) is 0 Å². The lowest BCUT2D eigenvalue weighted by Crippen LogP contribution is -2.42. The molecule has 0 aliphatic heterocycles. The monoisotopic (exact) mass is 280 g/mol. The Balaban J connectivity index is 1.88. The average Bonchev–Trinajstić information content (AvgIpc) is 3.22. The third kappa shape index (κ3) is 3.94. The van der Waals surface area contributed by atoms with Crippen LogP contribution in [0.1, 0.15) is 24.8 Å². The Labute approximate surface area is 116 Å². The number of urea groups is 1. The summed E-state index contributed by atoms with van der Waals surface area (Å²) in [5, 5.41) is 11.3. The Morgan fingerprint density at radius 3 is 2.65 bits per heavy atom. The summed E-state index contributed by atoms with van der Waals surface area (Å²) in [5.41, 5.74) is 0.412. The fraction of sp³-hybridized carbons (Fsp3) is 0.429. The standard InChI is InChI=1S/C14H17FN2O3/c15-12-4-2-1-3-10(12)9-16-14(20)17(11-5-6-11)8-7-13(18)19/h1-4,11H,5-9H2,(H,16,20)(H,18,19). The highest BCUT2D eigenvalue weighted by molar-refractivity contribution is 5.76. The van der Waals surface area contributed by atoms with Gasteiger partial charge in [-0.25, -0.2) is 9.18 Å². The first-order chi connectivity index (χ1) is 9.58. The number of aliphatic carboxylic acids is 1. The summed E-state index contributed by atoms with van der Waals surface area (Å²) in [6, 6.07) is 6.02. The SMILES string of the molecule is O=C(O)CCN(C(=O)NCc1ccccc1F)C1CC1. The molecule has 0 unspecified atom stereocenters. The number of hydrogen-bond donors (Lipinski definition) is 2. The van der Waals surface area contributed by atoms with E-state index in [-0.39, 0.29) is 37.4 Å². The second-order valence-electron chi connectivity index (χ2n) is 4.82. The molecular formula is C14H17FN2O3. The summed E-state index contributed by atoms with van der Waals surface area (Å²) in [6.45, 7) is 0.283. The third-order valence-corrected chi connectivity index (χ3v) is 3.20. The highest BCUT2D eigenvalue weighted by Crippen LogP contribution is 2.27. The van der Waals surface area contributed by atoms with E-state index >= 15 is 0 Å². The zero-order valence-electron chi connectivity index (χ0n) is 11.0. The lowest BCUT2D eigenvalue weighted by Gasteiger charge is -2.22. The van der Waals surface area contributed by atoms with Crippen molar-refractivity contribution in [2.75, 3.05) is 6.54 Å². The van der Waals surface area contributed by atoms with E-state index in [1.54, 1.807) is 18.2 Å². The predicted molar refractivity (Wildman–Crippen MR) is 70.6 cm³/mol.